The molecule has 4 rings (SSSR count). The lowest BCUT2D eigenvalue weighted by Crippen LogP contribution is -2.50. The largest absolute Gasteiger partial charge is 0.495 e. The zero-order chi connectivity index (χ0) is 20.2. The number of hydrogen-bond donors (Lipinski definition) is 1. The van der Waals surface area contributed by atoms with Gasteiger partial charge >= 0.3 is 6.03 Å². The second-order valence-corrected chi connectivity index (χ2v) is 6.89. The van der Waals surface area contributed by atoms with E-state index in [1.165, 1.54) is 6.33 Å². The summed E-state index contributed by atoms with van der Waals surface area (Å²) >= 11 is 6.03. The molecule has 1 aliphatic heterocycles. The third kappa shape index (κ3) is 4.24. The van der Waals surface area contributed by atoms with E-state index in [0.29, 0.717) is 42.6 Å². The van der Waals surface area contributed by atoms with Gasteiger partial charge in [0.2, 0.25) is 0 Å². The van der Waals surface area contributed by atoms with Crippen LogP contribution in [0, 0.1) is 0 Å². The fraction of sp³-hybridized carbons (Fsp3) is 0.263. The van der Waals surface area contributed by atoms with E-state index in [9.17, 15) is 4.79 Å². The van der Waals surface area contributed by atoms with Crippen molar-refractivity contribution >= 4 is 29.1 Å². The number of carbonyl (C=O) groups excluding carboxylic acids is 1. The van der Waals surface area contributed by atoms with E-state index in [-0.39, 0.29) is 6.03 Å². The maximum Gasteiger partial charge on any atom is 0.322 e. The van der Waals surface area contributed by atoms with Crippen molar-refractivity contribution in [2.45, 2.75) is 0 Å². The molecule has 0 radical (unpaired) electrons. The standard InChI is InChI=1S/C19H20ClN7O2/c1-29-16-3-2-14(20)10-15(16)24-19(28)26-8-6-25(7-9-26)17-11-18(23-12-22-17)27-5-4-21-13-27/h2-5,10-13H,6-9H2,1H3,(H,24,28). The number of benzene rings is 1. The lowest BCUT2D eigenvalue weighted by atomic mass is 10.3. The summed E-state index contributed by atoms with van der Waals surface area (Å²) in [7, 11) is 1.55. The minimum absolute atomic E-state index is 0.188. The predicted molar refractivity (Wildman–Crippen MR) is 110 cm³/mol. The number of nitrogens with one attached hydrogen (secondary N) is 1. The molecule has 9 nitrogen and oxygen atoms in total. The first-order chi connectivity index (χ1) is 14.1. The normalized spacial score (nSPS) is 14.0. The fourth-order valence-electron chi connectivity index (χ4n) is 3.16. The molecule has 0 saturated carbocycles. The van der Waals surface area contributed by atoms with E-state index in [1.807, 2.05) is 16.8 Å². The van der Waals surface area contributed by atoms with Gasteiger partial charge in [0.1, 0.15) is 30.0 Å². The number of ether oxygens (including phenoxy) is 1. The minimum atomic E-state index is -0.188. The first-order valence-corrected chi connectivity index (χ1v) is 9.46. The van der Waals surface area contributed by atoms with Gasteiger partial charge in [-0.3, -0.25) is 4.57 Å². The Kier molecular flexibility index (Phi) is 5.48. The molecule has 1 aliphatic rings. The average Bonchev–Trinajstić information content (AvgIpc) is 3.29. The summed E-state index contributed by atoms with van der Waals surface area (Å²) in [5.74, 6) is 2.13. The molecule has 29 heavy (non-hydrogen) atoms. The molecule has 0 aliphatic carbocycles. The molecule has 1 aromatic carbocycles. The van der Waals surface area contributed by atoms with Crippen molar-refractivity contribution in [3.05, 3.63) is 54.3 Å². The summed E-state index contributed by atoms with van der Waals surface area (Å²) in [6.07, 6.45) is 6.76. The highest BCUT2D eigenvalue weighted by Crippen LogP contribution is 2.28. The van der Waals surface area contributed by atoms with Gasteiger partial charge in [0.05, 0.1) is 12.8 Å². The van der Waals surface area contributed by atoms with Crippen molar-refractivity contribution in [1.82, 2.24) is 24.4 Å². The number of urea groups is 1. The molecule has 0 spiro atoms. The molecule has 0 atom stereocenters. The average molecular weight is 414 g/mol. The van der Waals surface area contributed by atoms with Crippen LogP contribution in [0.4, 0.5) is 16.3 Å². The van der Waals surface area contributed by atoms with Gasteiger partial charge in [0.25, 0.3) is 0 Å². The van der Waals surface area contributed by atoms with Crippen LogP contribution >= 0.6 is 11.6 Å². The van der Waals surface area contributed by atoms with Crippen LogP contribution in [0.15, 0.2) is 49.3 Å². The van der Waals surface area contributed by atoms with Gasteiger partial charge in [0.15, 0.2) is 0 Å². The predicted octanol–water partition coefficient (Wildman–Crippen LogP) is 2.68. The van der Waals surface area contributed by atoms with Crippen LogP contribution in [0.1, 0.15) is 0 Å². The minimum Gasteiger partial charge on any atom is -0.495 e. The topological polar surface area (TPSA) is 88.4 Å². The Morgan fingerprint density at radius 3 is 2.66 bits per heavy atom. The van der Waals surface area contributed by atoms with Crippen LogP contribution in [0.25, 0.3) is 5.82 Å². The Morgan fingerprint density at radius 2 is 1.93 bits per heavy atom. The zero-order valence-corrected chi connectivity index (χ0v) is 16.6. The van der Waals surface area contributed by atoms with Crippen molar-refractivity contribution in [3.8, 4) is 11.6 Å². The van der Waals surface area contributed by atoms with Crippen LogP contribution in [-0.4, -0.2) is 63.7 Å². The number of halogens is 1. The Labute approximate surface area is 172 Å². The van der Waals surface area contributed by atoms with E-state index < -0.39 is 0 Å². The number of imidazole rings is 1. The summed E-state index contributed by atoms with van der Waals surface area (Å²) < 4.78 is 7.11. The molecular formula is C19H20ClN7O2. The first-order valence-electron chi connectivity index (χ1n) is 9.09. The third-order valence-corrected chi connectivity index (χ3v) is 4.94. The fourth-order valence-corrected chi connectivity index (χ4v) is 3.33. The highest BCUT2D eigenvalue weighted by molar-refractivity contribution is 6.31. The lowest BCUT2D eigenvalue weighted by molar-refractivity contribution is 0.208. The van der Waals surface area contributed by atoms with Crippen LogP contribution in [-0.2, 0) is 0 Å². The number of anilines is 2. The Balaban J connectivity index is 1.39. The second-order valence-electron chi connectivity index (χ2n) is 6.45. The van der Waals surface area contributed by atoms with Crippen molar-refractivity contribution in [1.29, 1.82) is 0 Å². The highest BCUT2D eigenvalue weighted by atomic mass is 35.5. The molecule has 1 fully saturated rings. The Hall–Kier alpha value is -3.33. The summed E-state index contributed by atoms with van der Waals surface area (Å²) in [5.41, 5.74) is 0.549. The van der Waals surface area contributed by atoms with Crippen molar-refractivity contribution in [2.24, 2.45) is 0 Å². The number of carbonyl (C=O) groups is 1. The maximum atomic E-state index is 12.7. The Morgan fingerprint density at radius 1 is 1.14 bits per heavy atom. The number of methoxy groups -OCH3 is 1. The molecular weight excluding hydrogens is 394 g/mol. The molecule has 1 saturated heterocycles. The summed E-state index contributed by atoms with van der Waals surface area (Å²) in [5, 5.41) is 3.41. The lowest BCUT2D eigenvalue weighted by Gasteiger charge is -2.35. The number of aromatic nitrogens is 4. The van der Waals surface area contributed by atoms with E-state index in [2.05, 4.69) is 25.2 Å². The molecule has 1 N–H and O–H groups in total. The summed E-state index contributed by atoms with van der Waals surface area (Å²) in [6, 6.07) is 6.84. The van der Waals surface area contributed by atoms with E-state index >= 15 is 0 Å². The van der Waals surface area contributed by atoms with Crippen molar-refractivity contribution in [2.75, 3.05) is 43.5 Å². The molecule has 3 heterocycles. The molecule has 2 aromatic heterocycles. The molecule has 3 aromatic rings. The van der Waals surface area contributed by atoms with Crippen LogP contribution in [0.5, 0.6) is 5.75 Å². The first kappa shape index (κ1) is 19.0. The van der Waals surface area contributed by atoms with Crippen molar-refractivity contribution < 1.29 is 9.53 Å². The number of piperazine rings is 1. The second kappa shape index (κ2) is 8.36. The molecule has 150 valence electrons. The monoisotopic (exact) mass is 413 g/mol. The third-order valence-electron chi connectivity index (χ3n) is 4.70. The summed E-state index contributed by atoms with van der Waals surface area (Å²) in [4.78, 5) is 29.2. The molecule has 2 amide bonds. The van der Waals surface area contributed by atoms with Gasteiger partial charge in [-0.25, -0.2) is 19.7 Å². The smallest absolute Gasteiger partial charge is 0.322 e. The quantitative estimate of drug-likeness (QED) is 0.707. The van der Waals surface area contributed by atoms with Gasteiger partial charge in [-0.15, -0.1) is 0 Å². The number of hydrogen-bond acceptors (Lipinski definition) is 6. The van der Waals surface area contributed by atoms with Gasteiger partial charge in [-0.1, -0.05) is 11.6 Å². The van der Waals surface area contributed by atoms with Crippen LogP contribution < -0.4 is 15.0 Å². The number of nitrogens with zero attached hydrogens (tertiary/aromatic N) is 6. The summed E-state index contributed by atoms with van der Waals surface area (Å²) in [6.45, 7) is 2.47. The SMILES string of the molecule is COc1ccc(Cl)cc1NC(=O)N1CCN(c2cc(-n3ccnc3)ncn2)CC1. The molecule has 10 heteroatoms. The number of amides is 2. The van der Waals surface area contributed by atoms with E-state index in [4.69, 9.17) is 16.3 Å². The molecule has 0 unspecified atom stereocenters. The number of rotatable bonds is 4. The molecule has 0 bridgehead atoms. The van der Waals surface area contributed by atoms with Gasteiger partial charge in [0, 0.05) is 49.7 Å². The Bertz CT molecular complexity index is 988. The highest BCUT2D eigenvalue weighted by Gasteiger charge is 2.23. The van der Waals surface area contributed by atoms with Gasteiger partial charge in [-0.2, -0.15) is 0 Å². The van der Waals surface area contributed by atoms with Crippen LogP contribution in [0.3, 0.4) is 0 Å². The van der Waals surface area contributed by atoms with E-state index in [0.717, 1.165) is 11.6 Å². The van der Waals surface area contributed by atoms with Gasteiger partial charge in [-0.05, 0) is 18.2 Å². The maximum absolute atomic E-state index is 12.7. The van der Waals surface area contributed by atoms with Crippen molar-refractivity contribution in [3.63, 3.8) is 0 Å². The van der Waals surface area contributed by atoms with Gasteiger partial charge < -0.3 is 19.9 Å². The zero-order valence-electron chi connectivity index (χ0n) is 15.8. The van der Waals surface area contributed by atoms with E-state index in [1.54, 1.807) is 42.7 Å². The van der Waals surface area contributed by atoms with Crippen LogP contribution in [0.2, 0.25) is 5.02 Å².